The van der Waals surface area contributed by atoms with Gasteiger partial charge >= 0.3 is 0 Å². The molecule has 0 aromatic heterocycles. The molecule has 3 aromatic carbocycles. The Bertz CT molecular complexity index is 1770. The van der Waals surface area contributed by atoms with Crippen LogP contribution in [0.3, 0.4) is 0 Å². The number of aromatic hydroxyl groups is 1. The third kappa shape index (κ3) is 7.22. The lowest BCUT2D eigenvalue weighted by atomic mass is 9.69. The van der Waals surface area contributed by atoms with E-state index in [-0.39, 0.29) is 47.5 Å². The van der Waals surface area contributed by atoms with Crippen LogP contribution in [0.2, 0.25) is 0 Å². The molecule has 0 bridgehead atoms. The fourth-order valence-electron chi connectivity index (χ4n) is 8.40. The summed E-state index contributed by atoms with van der Waals surface area (Å²) in [4.78, 5) is 32.5. The summed E-state index contributed by atoms with van der Waals surface area (Å²) in [5, 5.41) is 10.3. The minimum absolute atomic E-state index is 0.0109. The fourth-order valence-corrected chi connectivity index (χ4v) is 9.03. The zero-order chi connectivity index (χ0) is 34.8. The third-order valence-corrected chi connectivity index (χ3v) is 11.7. The lowest BCUT2D eigenvalue weighted by molar-refractivity contribution is -0.144. The van der Waals surface area contributed by atoms with E-state index in [4.69, 9.17) is 14.2 Å². The maximum atomic E-state index is 14.3. The van der Waals surface area contributed by atoms with E-state index in [1.54, 1.807) is 12.0 Å². The van der Waals surface area contributed by atoms with Gasteiger partial charge in [-0.15, -0.1) is 0 Å². The summed E-state index contributed by atoms with van der Waals surface area (Å²) in [6, 6.07) is 23.9. The van der Waals surface area contributed by atoms with Crippen molar-refractivity contribution in [3.63, 3.8) is 0 Å². The number of benzene rings is 3. The molecule has 9 heteroatoms. The number of halogens is 1. The number of carbonyl (C=O) groups is 2. The highest BCUT2D eigenvalue weighted by Crippen LogP contribution is 2.50. The Kier molecular flexibility index (Phi) is 10.6. The molecule has 3 aromatic rings. The normalized spacial score (nSPS) is 24.5. The maximum Gasteiger partial charge on any atom is 0.234 e. The molecule has 1 N–H and O–H groups in total. The van der Waals surface area contributed by atoms with Crippen LogP contribution in [0.25, 0.3) is 6.08 Å². The number of amides is 2. The topological polar surface area (TPSA) is 88.5 Å². The van der Waals surface area contributed by atoms with E-state index in [9.17, 15) is 14.7 Å². The summed E-state index contributed by atoms with van der Waals surface area (Å²) >= 11 is 2.11. The number of imide groups is 1. The number of hydrogen-bond acceptors (Lipinski definition) is 7. The molecule has 3 heterocycles. The van der Waals surface area contributed by atoms with Gasteiger partial charge in [0.15, 0.2) is 11.5 Å². The van der Waals surface area contributed by atoms with Crippen LogP contribution >= 0.6 is 22.6 Å². The molecule has 7 rings (SSSR count). The molecule has 0 spiro atoms. The molecule has 3 fully saturated rings. The lowest BCUT2D eigenvalue weighted by Gasteiger charge is -2.36. The predicted octanol–water partition coefficient (Wildman–Crippen LogP) is 7.25. The number of carbonyl (C=O) groups excluding carboxylic acids is 2. The average molecular weight is 789 g/mol. The molecule has 3 aliphatic heterocycles. The predicted molar refractivity (Wildman–Crippen MR) is 201 cm³/mol. The van der Waals surface area contributed by atoms with Gasteiger partial charge in [-0.05, 0) is 108 Å². The minimum Gasteiger partial charge on any atom is -0.504 e. The monoisotopic (exact) mass is 788 g/mol. The van der Waals surface area contributed by atoms with Gasteiger partial charge in [-0.1, -0.05) is 60.2 Å². The molecule has 1 aliphatic carbocycles. The highest BCUT2D eigenvalue weighted by atomic mass is 127. The average Bonchev–Trinajstić information content (AvgIpc) is 3.66. The number of hydrogen-bond donors (Lipinski definition) is 1. The molecule has 262 valence electrons. The van der Waals surface area contributed by atoms with Crippen LogP contribution in [-0.4, -0.2) is 72.3 Å². The molecular weight excluding hydrogens is 743 g/mol. The third-order valence-electron chi connectivity index (χ3n) is 10.9. The molecule has 0 saturated carbocycles. The van der Waals surface area contributed by atoms with Crippen molar-refractivity contribution in [2.24, 2.45) is 17.8 Å². The molecule has 50 heavy (non-hydrogen) atoms. The number of ether oxygens (including phenoxy) is 3. The van der Waals surface area contributed by atoms with Crippen LogP contribution in [0.15, 0.2) is 89.5 Å². The van der Waals surface area contributed by atoms with Gasteiger partial charge < -0.3 is 19.3 Å². The molecular formula is C41H45IN2O6. The quantitative estimate of drug-likeness (QED) is 0.125. The standard InChI is InChI=1S/C41H45IN2O6/c1-26(19-28-20-34(42)39(45)36(21-28)48-2)13-14-35-37-29(24-49-31-11-7-4-8-12-31)22-32-38(33(37)25-50-35)41(47)44(40(32)46)30-15-17-43(18-16-30)23-27-9-5-3-6-10-27/h3-12,19-21,30,32-33,35,38,45H,13-18,22-25H2,1-2H3/b26-19+/t32-,33+,35-,38-/m1/s1. The number of allylic oxidation sites excluding steroid dienone is 1. The molecule has 8 nitrogen and oxygen atoms in total. The van der Waals surface area contributed by atoms with Crippen LogP contribution in [0, 0.1) is 21.3 Å². The van der Waals surface area contributed by atoms with Crippen LogP contribution in [-0.2, 0) is 20.9 Å². The van der Waals surface area contributed by atoms with Gasteiger partial charge in [-0.25, -0.2) is 0 Å². The van der Waals surface area contributed by atoms with Crippen molar-refractivity contribution < 1.29 is 28.9 Å². The van der Waals surface area contributed by atoms with E-state index in [1.807, 2.05) is 48.5 Å². The Balaban J connectivity index is 1.08. The summed E-state index contributed by atoms with van der Waals surface area (Å²) in [5.41, 5.74) is 5.68. The number of methoxy groups -OCH3 is 1. The second-order valence-corrected chi connectivity index (χ2v) is 15.2. The summed E-state index contributed by atoms with van der Waals surface area (Å²) < 4.78 is 18.9. The van der Waals surface area contributed by atoms with E-state index in [2.05, 4.69) is 64.8 Å². The molecule has 0 radical (unpaired) electrons. The summed E-state index contributed by atoms with van der Waals surface area (Å²) in [7, 11) is 1.55. The number of phenolic OH excluding ortho intramolecular Hbond substituents is 1. The van der Waals surface area contributed by atoms with Gasteiger partial charge in [0, 0.05) is 31.6 Å². The first-order valence-electron chi connectivity index (χ1n) is 17.7. The summed E-state index contributed by atoms with van der Waals surface area (Å²) in [5.74, 6) is 0.475. The zero-order valence-electron chi connectivity index (χ0n) is 28.7. The number of phenols is 1. The smallest absolute Gasteiger partial charge is 0.234 e. The van der Waals surface area contributed by atoms with E-state index in [0.717, 1.165) is 71.3 Å². The van der Waals surface area contributed by atoms with Gasteiger partial charge in [0.2, 0.25) is 11.8 Å². The summed E-state index contributed by atoms with van der Waals surface area (Å²) in [6.07, 6.45) is 5.65. The first-order chi connectivity index (χ1) is 24.3. The van der Waals surface area contributed by atoms with Crippen LogP contribution in [0.4, 0.5) is 0 Å². The maximum absolute atomic E-state index is 14.3. The molecule has 4 aliphatic rings. The van der Waals surface area contributed by atoms with Gasteiger partial charge in [-0.2, -0.15) is 0 Å². The zero-order valence-corrected chi connectivity index (χ0v) is 30.9. The first-order valence-corrected chi connectivity index (χ1v) is 18.8. The number of fused-ring (bicyclic) bond motifs is 3. The highest BCUT2D eigenvalue weighted by Gasteiger charge is 2.58. The van der Waals surface area contributed by atoms with Crippen molar-refractivity contribution in [3.05, 3.63) is 104 Å². The Morgan fingerprint density at radius 3 is 2.44 bits per heavy atom. The van der Waals surface area contributed by atoms with Crippen molar-refractivity contribution in [1.82, 2.24) is 9.80 Å². The fraction of sp³-hybridized carbons (Fsp3) is 0.415. The Hall–Kier alpha value is -3.67. The van der Waals surface area contributed by atoms with Gasteiger partial charge in [0.25, 0.3) is 0 Å². The van der Waals surface area contributed by atoms with E-state index in [0.29, 0.717) is 25.4 Å². The highest BCUT2D eigenvalue weighted by molar-refractivity contribution is 14.1. The number of para-hydroxylation sites is 1. The molecule has 0 unspecified atom stereocenters. The van der Waals surface area contributed by atoms with E-state index < -0.39 is 0 Å². The number of rotatable bonds is 11. The van der Waals surface area contributed by atoms with Crippen LogP contribution in [0.5, 0.6) is 17.2 Å². The largest absolute Gasteiger partial charge is 0.504 e. The van der Waals surface area contributed by atoms with Gasteiger partial charge in [-0.3, -0.25) is 19.4 Å². The van der Waals surface area contributed by atoms with Crippen molar-refractivity contribution in [2.45, 2.75) is 57.7 Å². The lowest BCUT2D eigenvalue weighted by Crippen LogP contribution is -2.47. The van der Waals surface area contributed by atoms with Crippen LogP contribution < -0.4 is 9.47 Å². The second kappa shape index (κ2) is 15.3. The Labute approximate surface area is 308 Å². The van der Waals surface area contributed by atoms with Crippen molar-refractivity contribution >= 4 is 40.5 Å². The first kappa shape index (κ1) is 34.8. The Morgan fingerprint density at radius 1 is 1.00 bits per heavy atom. The van der Waals surface area contributed by atoms with Gasteiger partial charge in [0.05, 0.1) is 35.2 Å². The van der Waals surface area contributed by atoms with Crippen molar-refractivity contribution in [3.8, 4) is 17.2 Å². The Morgan fingerprint density at radius 2 is 1.72 bits per heavy atom. The van der Waals surface area contributed by atoms with E-state index >= 15 is 0 Å². The number of likely N-dealkylation sites (tertiary alicyclic amines) is 2. The molecule has 4 atom stereocenters. The minimum atomic E-state index is -0.381. The number of piperidine rings is 1. The van der Waals surface area contributed by atoms with E-state index in [1.165, 1.54) is 11.1 Å². The van der Waals surface area contributed by atoms with Crippen molar-refractivity contribution in [2.75, 3.05) is 33.4 Å². The number of nitrogens with zero attached hydrogens (tertiary/aromatic N) is 2. The van der Waals surface area contributed by atoms with Crippen LogP contribution in [0.1, 0.15) is 50.2 Å². The SMILES string of the molecule is COc1cc(/C=C(\C)CC[C@H]2OC[C@H]3C2=C(COc2ccccc2)C[C@H]2C(=O)N(C4CCN(Cc5ccccc5)CC4)C(=O)[C@H]23)cc(I)c1O. The van der Waals surface area contributed by atoms with Crippen molar-refractivity contribution in [1.29, 1.82) is 0 Å². The second-order valence-electron chi connectivity index (χ2n) is 14.0. The van der Waals surface area contributed by atoms with Gasteiger partial charge in [0.1, 0.15) is 12.4 Å². The molecule has 2 amide bonds. The summed E-state index contributed by atoms with van der Waals surface area (Å²) in [6.45, 7) is 5.53. The molecule has 3 saturated heterocycles.